The Morgan fingerprint density at radius 2 is 1.95 bits per heavy atom. The standard InChI is InChI=1S/C13H11ClN4O3S/c1-21-10-6-11(14)17-18-12(10)13(22(16,19)20)9-4-2-8(7-15)3-5-9/h2-6,13H,1H3,(H2,16,19,20). The molecule has 2 N–H and O–H groups in total. The van der Waals surface area contributed by atoms with Crippen LogP contribution in [0.3, 0.4) is 0 Å². The number of nitrogens with zero attached hydrogens (tertiary/aromatic N) is 3. The van der Waals surface area contributed by atoms with Crippen LogP contribution < -0.4 is 9.88 Å². The van der Waals surface area contributed by atoms with Gasteiger partial charge in [0.1, 0.15) is 16.7 Å². The highest BCUT2D eigenvalue weighted by Gasteiger charge is 2.31. The number of sulfonamides is 1. The molecule has 22 heavy (non-hydrogen) atoms. The molecule has 0 amide bonds. The van der Waals surface area contributed by atoms with Crippen molar-refractivity contribution in [1.82, 2.24) is 10.2 Å². The van der Waals surface area contributed by atoms with Gasteiger partial charge in [-0.3, -0.25) is 0 Å². The summed E-state index contributed by atoms with van der Waals surface area (Å²) in [5.74, 6) is 0.156. The topological polar surface area (TPSA) is 119 Å². The van der Waals surface area contributed by atoms with Gasteiger partial charge in [-0.25, -0.2) is 13.6 Å². The van der Waals surface area contributed by atoms with Crippen LogP contribution in [0.1, 0.15) is 22.1 Å². The number of benzene rings is 1. The smallest absolute Gasteiger partial charge is 0.222 e. The molecule has 1 atom stereocenters. The number of nitrogens with two attached hydrogens (primary N) is 1. The van der Waals surface area contributed by atoms with Crippen LogP contribution in [0.5, 0.6) is 5.75 Å². The first kappa shape index (κ1) is 16.2. The molecular weight excluding hydrogens is 328 g/mol. The number of rotatable bonds is 4. The van der Waals surface area contributed by atoms with E-state index in [0.29, 0.717) is 11.1 Å². The monoisotopic (exact) mass is 338 g/mol. The highest BCUT2D eigenvalue weighted by molar-refractivity contribution is 7.89. The summed E-state index contributed by atoms with van der Waals surface area (Å²) >= 11 is 5.73. The first-order valence-corrected chi connectivity index (χ1v) is 7.94. The van der Waals surface area contributed by atoms with Crippen molar-refractivity contribution < 1.29 is 13.2 Å². The summed E-state index contributed by atoms with van der Waals surface area (Å²) in [7, 11) is -2.69. The summed E-state index contributed by atoms with van der Waals surface area (Å²) in [5, 5.41) is 20.4. The van der Waals surface area contributed by atoms with E-state index in [1.165, 1.54) is 37.4 Å². The zero-order valence-corrected chi connectivity index (χ0v) is 13.0. The van der Waals surface area contributed by atoms with E-state index in [9.17, 15) is 8.42 Å². The Kier molecular flexibility index (Phi) is 4.61. The van der Waals surface area contributed by atoms with Crippen LogP contribution in [0.15, 0.2) is 30.3 Å². The molecule has 0 spiro atoms. The molecule has 1 aromatic carbocycles. The number of methoxy groups -OCH3 is 1. The van der Waals surface area contributed by atoms with E-state index in [2.05, 4.69) is 10.2 Å². The molecule has 0 saturated heterocycles. The second-order valence-corrected chi connectivity index (χ2v) is 6.36. The minimum absolute atomic E-state index is 0.0270. The van der Waals surface area contributed by atoms with Gasteiger partial charge in [0.2, 0.25) is 10.0 Å². The predicted octanol–water partition coefficient (Wildman–Crippen LogP) is 1.39. The average Bonchev–Trinajstić information content (AvgIpc) is 2.48. The first-order valence-electron chi connectivity index (χ1n) is 5.95. The summed E-state index contributed by atoms with van der Waals surface area (Å²) in [6.07, 6.45) is 0. The zero-order valence-electron chi connectivity index (χ0n) is 11.4. The lowest BCUT2D eigenvalue weighted by Gasteiger charge is -2.17. The van der Waals surface area contributed by atoms with Gasteiger partial charge in [-0.2, -0.15) is 5.26 Å². The van der Waals surface area contributed by atoms with Gasteiger partial charge in [-0.1, -0.05) is 23.7 Å². The Balaban J connectivity index is 2.64. The van der Waals surface area contributed by atoms with Crippen molar-refractivity contribution >= 4 is 21.6 Å². The first-order chi connectivity index (χ1) is 10.4. The normalized spacial score (nSPS) is 12.5. The van der Waals surface area contributed by atoms with E-state index in [0.717, 1.165) is 0 Å². The van der Waals surface area contributed by atoms with Crippen LogP contribution in [0.2, 0.25) is 5.15 Å². The molecule has 9 heteroatoms. The molecule has 0 aliphatic heterocycles. The lowest BCUT2D eigenvalue weighted by Crippen LogP contribution is -2.24. The van der Waals surface area contributed by atoms with Gasteiger partial charge in [0, 0.05) is 6.07 Å². The highest BCUT2D eigenvalue weighted by Crippen LogP contribution is 2.33. The van der Waals surface area contributed by atoms with Gasteiger partial charge in [-0.15, -0.1) is 10.2 Å². The molecule has 0 radical (unpaired) electrons. The highest BCUT2D eigenvalue weighted by atomic mass is 35.5. The largest absolute Gasteiger partial charge is 0.495 e. The van der Waals surface area contributed by atoms with Crippen LogP contribution in [0.25, 0.3) is 0 Å². The molecule has 0 bridgehead atoms. The fraction of sp³-hybridized carbons (Fsp3) is 0.154. The van der Waals surface area contributed by atoms with Gasteiger partial charge in [0.15, 0.2) is 5.15 Å². The van der Waals surface area contributed by atoms with Gasteiger partial charge >= 0.3 is 0 Å². The van der Waals surface area contributed by atoms with Gasteiger partial charge in [-0.05, 0) is 17.7 Å². The number of hydrogen-bond acceptors (Lipinski definition) is 6. The summed E-state index contributed by atoms with van der Waals surface area (Å²) in [5.41, 5.74) is 0.765. The Hall–Kier alpha value is -2.21. The number of ether oxygens (including phenoxy) is 1. The number of hydrogen-bond donors (Lipinski definition) is 1. The molecule has 7 nitrogen and oxygen atoms in total. The fourth-order valence-electron chi connectivity index (χ4n) is 1.94. The Bertz CT molecular complexity index is 831. The van der Waals surface area contributed by atoms with Crippen molar-refractivity contribution in [1.29, 1.82) is 5.26 Å². The molecule has 2 rings (SSSR count). The maximum Gasteiger partial charge on any atom is 0.222 e. The van der Waals surface area contributed by atoms with Crippen LogP contribution in [0, 0.1) is 11.3 Å². The third kappa shape index (κ3) is 3.33. The molecular formula is C13H11ClN4O3S. The van der Waals surface area contributed by atoms with Crippen molar-refractivity contribution in [2.75, 3.05) is 7.11 Å². The van der Waals surface area contributed by atoms with Gasteiger partial charge < -0.3 is 4.74 Å². The Morgan fingerprint density at radius 3 is 2.45 bits per heavy atom. The second-order valence-electron chi connectivity index (χ2n) is 4.32. The van der Waals surface area contributed by atoms with Crippen molar-refractivity contribution in [2.45, 2.75) is 5.25 Å². The molecule has 2 aromatic rings. The molecule has 0 fully saturated rings. The van der Waals surface area contributed by atoms with Gasteiger partial charge in [0.25, 0.3) is 0 Å². The number of aromatic nitrogens is 2. The van der Waals surface area contributed by atoms with E-state index in [1.807, 2.05) is 6.07 Å². The Labute approximate surface area is 132 Å². The fourth-order valence-corrected chi connectivity index (χ4v) is 3.09. The zero-order chi connectivity index (χ0) is 16.3. The van der Waals surface area contributed by atoms with Crippen LogP contribution in [0.4, 0.5) is 0 Å². The summed E-state index contributed by atoms with van der Waals surface area (Å²) in [6.45, 7) is 0. The minimum Gasteiger partial charge on any atom is -0.495 e. The maximum absolute atomic E-state index is 12.0. The summed E-state index contributed by atoms with van der Waals surface area (Å²) in [6, 6.07) is 9.26. The van der Waals surface area contributed by atoms with E-state index < -0.39 is 15.3 Å². The molecule has 0 saturated carbocycles. The van der Waals surface area contributed by atoms with Crippen molar-refractivity contribution in [3.63, 3.8) is 0 Å². The van der Waals surface area contributed by atoms with Crippen LogP contribution in [-0.2, 0) is 10.0 Å². The average molecular weight is 339 g/mol. The lowest BCUT2D eigenvalue weighted by atomic mass is 10.1. The Morgan fingerprint density at radius 1 is 1.32 bits per heavy atom. The van der Waals surface area contributed by atoms with Crippen molar-refractivity contribution in [3.8, 4) is 11.8 Å². The third-order valence-electron chi connectivity index (χ3n) is 2.90. The van der Waals surface area contributed by atoms with Gasteiger partial charge in [0.05, 0.1) is 18.7 Å². The minimum atomic E-state index is -4.04. The SMILES string of the molecule is COc1cc(Cl)nnc1C(c1ccc(C#N)cc1)S(N)(=O)=O. The van der Waals surface area contributed by atoms with E-state index in [1.54, 1.807) is 0 Å². The molecule has 1 aromatic heterocycles. The molecule has 1 unspecified atom stereocenters. The lowest BCUT2D eigenvalue weighted by molar-refractivity contribution is 0.405. The van der Waals surface area contributed by atoms with Crippen molar-refractivity contribution in [2.24, 2.45) is 5.14 Å². The van der Waals surface area contributed by atoms with Crippen LogP contribution >= 0.6 is 11.6 Å². The summed E-state index contributed by atoms with van der Waals surface area (Å²) in [4.78, 5) is 0. The maximum atomic E-state index is 12.0. The molecule has 1 heterocycles. The third-order valence-corrected chi connectivity index (χ3v) is 4.23. The van der Waals surface area contributed by atoms with E-state index in [4.69, 9.17) is 26.7 Å². The quantitative estimate of drug-likeness (QED) is 0.899. The molecule has 0 aliphatic carbocycles. The number of nitriles is 1. The number of halogens is 1. The van der Waals surface area contributed by atoms with Crippen LogP contribution in [-0.4, -0.2) is 25.7 Å². The van der Waals surface area contributed by atoms with E-state index in [-0.39, 0.29) is 16.6 Å². The second kappa shape index (κ2) is 6.27. The summed E-state index contributed by atoms with van der Waals surface area (Å²) < 4.78 is 29.1. The molecule has 114 valence electrons. The van der Waals surface area contributed by atoms with Crippen molar-refractivity contribution in [3.05, 3.63) is 52.3 Å². The number of primary sulfonamides is 1. The predicted molar refractivity (Wildman–Crippen MR) is 79.7 cm³/mol. The van der Waals surface area contributed by atoms with E-state index >= 15 is 0 Å². The molecule has 0 aliphatic rings.